The van der Waals surface area contributed by atoms with E-state index in [1.807, 2.05) is 6.92 Å². The van der Waals surface area contributed by atoms with Gasteiger partial charge in [-0.2, -0.15) is 0 Å². The van der Waals surface area contributed by atoms with Crippen LogP contribution in [0.5, 0.6) is 5.75 Å². The fourth-order valence-corrected chi connectivity index (χ4v) is 1.90. The van der Waals surface area contributed by atoms with Crippen molar-refractivity contribution in [1.82, 2.24) is 0 Å². The molecule has 0 radical (unpaired) electrons. The van der Waals surface area contributed by atoms with Crippen LogP contribution in [0, 0.1) is 5.82 Å². The van der Waals surface area contributed by atoms with Gasteiger partial charge in [0.2, 0.25) is 0 Å². The molecule has 0 fully saturated rings. The van der Waals surface area contributed by atoms with Crippen molar-refractivity contribution in [3.63, 3.8) is 0 Å². The SMILES string of the molecule is CCN(C(=O)c1ccc(N)c(O)c1)c1ccc(F)cc1. The number of anilines is 2. The van der Waals surface area contributed by atoms with Crippen molar-refractivity contribution in [2.45, 2.75) is 6.92 Å². The van der Waals surface area contributed by atoms with Crippen LogP contribution in [0.15, 0.2) is 42.5 Å². The quantitative estimate of drug-likeness (QED) is 0.668. The molecule has 5 heteroatoms. The number of phenolic OH excluding ortho intramolecular Hbond substituents is 1. The van der Waals surface area contributed by atoms with Gasteiger partial charge in [0, 0.05) is 17.8 Å². The zero-order valence-corrected chi connectivity index (χ0v) is 11.0. The first-order valence-electron chi connectivity index (χ1n) is 6.19. The Morgan fingerprint density at radius 1 is 1.25 bits per heavy atom. The molecule has 0 saturated carbocycles. The van der Waals surface area contributed by atoms with Crippen LogP contribution in [0.2, 0.25) is 0 Å². The second kappa shape index (κ2) is 5.61. The molecule has 0 spiro atoms. The molecule has 0 aliphatic carbocycles. The Bertz CT molecular complexity index is 626. The van der Waals surface area contributed by atoms with Crippen LogP contribution in [-0.4, -0.2) is 17.6 Å². The van der Waals surface area contributed by atoms with Gasteiger partial charge in [-0.3, -0.25) is 4.79 Å². The molecule has 0 aliphatic heterocycles. The highest BCUT2D eigenvalue weighted by Gasteiger charge is 2.17. The molecule has 0 saturated heterocycles. The van der Waals surface area contributed by atoms with E-state index >= 15 is 0 Å². The molecule has 0 heterocycles. The molecule has 2 aromatic rings. The van der Waals surface area contributed by atoms with E-state index in [2.05, 4.69) is 0 Å². The Labute approximate surface area is 116 Å². The summed E-state index contributed by atoms with van der Waals surface area (Å²) in [6.45, 7) is 2.24. The Kier molecular flexibility index (Phi) is 3.89. The number of hydrogen-bond donors (Lipinski definition) is 2. The minimum Gasteiger partial charge on any atom is -0.506 e. The lowest BCUT2D eigenvalue weighted by atomic mass is 10.1. The lowest BCUT2D eigenvalue weighted by Crippen LogP contribution is -2.30. The standard InChI is InChI=1S/C15H15FN2O2/c1-2-18(12-6-4-11(16)5-7-12)15(20)10-3-8-13(17)14(19)9-10/h3-9,19H,2,17H2,1H3. The Balaban J connectivity index is 2.33. The molecule has 0 bridgehead atoms. The topological polar surface area (TPSA) is 66.6 Å². The fraction of sp³-hybridized carbons (Fsp3) is 0.133. The first-order chi connectivity index (χ1) is 9.52. The van der Waals surface area contributed by atoms with Crippen molar-refractivity contribution >= 4 is 17.3 Å². The van der Waals surface area contributed by atoms with Gasteiger partial charge in [0.05, 0.1) is 5.69 Å². The summed E-state index contributed by atoms with van der Waals surface area (Å²) in [6.07, 6.45) is 0. The number of amides is 1. The molecule has 0 aromatic heterocycles. The molecule has 0 aliphatic rings. The monoisotopic (exact) mass is 274 g/mol. The summed E-state index contributed by atoms with van der Waals surface area (Å²) in [5, 5.41) is 9.57. The summed E-state index contributed by atoms with van der Waals surface area (Å²) in [5.41, 5.74) is 6.64. The van der Waals surface area contributed by atoms with Gasteiger partial charge in [0.1, 0.15) is 11.6 Å². The minimum atomic E-state index is -0.359. The average Bonchev–Trinajstić information content (AvgIpc) is 2.44. The number of phenols is 1. The number of hydrogen-bond acceptors (Lipinski definition) is 3. The number of nitrogens with zero attached hydrogens (tertiary/aromatic N) is 1. The molecule has 4 nitrogen and oxygen atoms in total. The van der Waals surface area contributed by atoms with Crippen molar-refractivity contribution in [3.8, 4) is 5.75 Å². The van der Waals surface area contributed by atoms with Gasteiger partial charge in [-0.25, -0.2) is 4.39 Å². The number of nitrogen functional groups attached to an aromatic ring is 1. The number of aromatic hydroxyl groups is 1. The Hall–Kier alpha value is -2.56. The smallest absolute Gasteiger partial charge is 0.258 e. The van der Waals surface area contributed by atoms with E-state index in [0.29, 0.717) is 17.8 Å². The summed E-state index contributed by atoms with van der Waals surface area (Å²) in [4.78, 5) is 13.9. The highest BCUT2D eigenvalue weighted by atomic mass is 19.1. The van der Waals surface area contributed by atoms with Crippen LogP contribution in [0.3, 0.4) is 0 Å². The van der Waals surface area contributed by atoms with Gasteiger partial charge in [0.15, 0.2) is 0 Å². The van der Waals surface area contributed by atoms with Gasteiger partial charge < -0.3 is 15.7 Å². The van der Waals surface area contributed by atoms with Crippen molar-refractivity contribution in [2.75, 3.05) is 17.2 Å². The van der Waals surface area contributed by atoms with Crippen molar-refractivity contribution in [3.05, 3.63) is 53.8 Å². The molecule has 20 heavy (non-hydrogen) atoms. The number of carbonyl (C=O) groups is 1. The van der Waals surface area contributed by atoms with Crippen LogP contribution < -0.4 is 10.6 Å². The van der Waals surface area contributed by atoms with Crippen LogP contribution in [-0.2, 0) is 0 Å². The summed E-state index contributed by atoms with van der Waals surface area (Å²) in [6, 6.07) is 10.0. The zero-order chi connectivity index (χ0) is 14.7. The highest BCUT2D eigenvalue weighted by Crippen LogP contribution is 2.23. The number of rotatable bonds is 3. The lowest BCUT2D eigenvalue weighted by molar-refractivity contribution is 0.0988. The van der Waals surface area contributed by atoms with Crippen molar-refractivity contribution < 1.29 is 14.3 Å². The Morgan fingerprint density at radius 3 is 2.45 bits per heavy atom. The van der Waals surface area contributed by atoms with Gasteiger partial charge in [-0.15, -0.1) is 0 Å². The molecule has 104 valence electrons. The molecular formula is C15H15FN2O2. The summed E-state index contributed by atoms with van der Waals surface area (Å²) < 4.78 is 12.9. The maximum absolute atomic E-state index is 12.9. The minimum absolute atomic E-state index is 0.133. The van der Waals surface area contributed by atoms with Gasteiger partial charge in [0.25, 0.3) is 5.91 Å². The third kappa shape index (κ3) is 2.71. The van der Waals surface area contributed by atoms with E-state index in [4.69, 9.17) is 5.73 Å². The first kappa shape index (κ1) is 13.9. The number of halogens is 1. The van der Waals surface area contributed by atoms with Gasteiger partial charge in [-0.05, 0) is 49.4 Å². The Morgan fingerprint density at radius 2 is 1.90 bits per heavy atom. The summed E-state index contributed by atoms with van der Waals surface area (Å²) in [7, 11) is 0. The average molecular weight is 274 g/mol. The van der Waals surface area contributed by atoms with E-state index in [1.165, 1.54) is 41.3 Å². The third-order valence-electron chi connectivity index (χ3n) is 2.98. The molecule has 3 N–H and O–H groups in total. The molecule has 2 rings (SSSR count). The van der Waals surface area contributed by atoms with E-state index in [-0.39, 0.29) is 23.2 Å². The first-order valence-corrected chi connectivity index (χ1v) is 6.19. The number of benzene rings is 2. The predicted octanol–water partition coefficient (Wildman–Crippen LogP) is 2.78. The second-order valence-electron chi connectivity index (χ2n) is 4.30. The lowest BCUT2D eigenvalue weighted by Gasteiger charge is -2.21. The van der Waals surface area contributed by atoms with Crippen LogP contribution in [0.4, 0.5) is 15.8 Å². The van der Waals surface area contributed by atoms with Crippen molar-refractivity contribution in [1.29, 1.82) is 0 Å². The highest BCUT2D eigenvalue weighted by molar-refractivity contribution is 6.06. The molecule has 2 aromatic carbocycles. The summed E-state index contributed by atoms with van der Waals surface area (Å²) >= 11 is 0. The molecule has 0 atom stereocenters. The van der Waals surface area contributed by atoms with E-state index < -0.39 is 0 Å². The van der Waals surface area contributed by atoms with E-state index in [1.54, 1.807) is 6.07 Å². The van der Waals surface area contributed by atoms with E-state index in [0.717, 1.165) is 0 Å². The number of carbonyl (C=O) groups excluding carboxylic acids is 1. The van der Waals surface area contributed by atoms with Crippen LogP contribution >= 0.6 is 0 Å². The summed E-state index contributed by atoms with van der Waals surface area (Å²) in [5.74, 6) is -0.775. The largest absolute Gasteiger partial charge is 0.506 e. The number of nitrogens with two attached hydrogens (primary N) is 1. The van der Waals surface area contributed by atoms with Crippen LogP contribution in [0.1, 0.15) is 17.3 Å². The van der Waals surface area contributed by atoms with E-state index in [9.17, 15) is 14.3 Å². The van der Waals surface area contributed by atoms with Crippen LogP contribution in [0.25, 0.3) is 0 Å². The predicted molar refractivity (Wildman–Crippen MR) is 76.3 cm³/mol. The second-order valence-corrected chi connectivity index (χ2v) is 4.30. The normalized spacial score (nSPS) is 10.3. The molecule has 0 unspecified atom stereocenters. The zero-order valence-electron chi connectivity index (χ0n) is 11.0. The van der Waals surface area contributed by atoms with Gasteiger partial charge >= 0.3 is 0 Å². The maximum Gasteiger partial charge on any atom is 0.258 e. The molecular weight excluding hydrogens is 259 g/mol. The fourth-order valence-electron chi connectivity index (χ4n) is 1.90. The van der Waals surface area contributed by atoms with Crippen molar-refractivity contribution in [2.24, 2.45) is 0 Å². The third-order valence-corrected chi connectivity index (χ3v) is 2.98. The van der Waals surface area contributed by atoms with Gasteiger partial charge in [-0.1, -0.05) is 0 Å². The maximum atomic E-state index is 12.9. The molecule has 1 amide bonds.